The summed E-state index contributed by atoms with van der Waals surface area (Å²) in [6.07, 6.45) is 1.65. The molecule has 0 unspecified atom stereocenters. The topological polar surface area (TPSA) is 61.7 Å². The molecule has 1 saturated heterocycles. The first kappa shape index (κ1) is 16.4. The monoisotopic (exact) mass is 456 g/mol. The van der Waals surface area contributed by atoms with Crippen molar-refractivity contribution in [3.63, 3.8) is 0 Å². The van der Waals surface area contributed by atoms with Crippen LogP contribution in [0.5, 0.6) is 5.75 Å². The first-order chi connectivity index (χ1) is 11.0. The molecule has 1 aliphatic rings. The van der Waals surface area contributed by atoms with E-state index in [1.54, 1.807) is 36.4 Å². The van der Waals surface area contributed by atoms with Crippen molar-refractivity contribution in [1.29, 1.82) is 0 Å². The smallest absolute Gasteiger partial charge is 0.264 e. The minimum absolute atomic E-state index is 0.128. The lowest BCUT2D eigenvalue weighted by atomic mass is 10.2. The second kappa shape index (κ2) is 6.94. The number of nitrogens with one attached hydrogen (secondary N) is 1. The third kappa shape index (κ3) is 3.88. The van der Waals surface area contributed by atoms with Crippen molar-refractivity contribution in [3.05, 3.63) is 61.5 Å². The Labute approximate surface area is 155 Å². The van der Waals surface area contributed by atoms with Gasteiger partial charge in [0.1, 0.15) is 5.75 Å². The molecule has 2 N–H and O–H groups in total. The van der Waals surface area contributed by atoms with Gasteiger partial charge in [-0.15, -0.1) is 0 Å². The molecule has 0 spiro atoms. The molecule has 0 aromatic heterocycles. The van der Waals surface area contributed by atoms with Crippen molar-refractivity contribution >= 4 is 68.8 Å². The van der Waals surface area contributed by atoms with Crippen molar-refractivity contribution in [1.82, 2.24) is 5.32 Å². The van der Waals surface area contributed by atoms with Crippen molar-refractivity contribution in [3.8, 4) is 5.75 Å². The molecule has 1 heterocycles. The summed E-state index contributed by atoms with van der Waals surface area (Å²) < 4.78 is 0.973. The summed E-state index contributed by atoms with van der Waals surface area (Å²) in [5, 5.41) is 13.6. The second-order valence-electron chi connectivity index (χ2n) is 4.64. The fourth-order valence-corrected chi connectivity index (χ4v) is 3.43. The summed E-state index contributed by atoms with van der Waals surface area (Å²) >= 11 is 9.43. The lowest BCUT2D eigenvalue weighted by molar-refractivity contribution is -0.115. The Morgan fingerprint density at radius 2 is 2.04 bits per heavy atom. The van der Waals surface area contributed by atoms with Crippen molar-refractivity contribution in [2.75, 3.05) is 0 Å². The molecule has 4 nitrogen and oxygen atoms in total. The molecule has 0 bridgehead atoms. The maximum atomic E-state index is 12.1. The van der Waals surface area contributed by atoms with E-state index in [0.717, 1.165) is 3.57 Å². The van der Waals surface area contributed by atoms with Gasteiger partial charge < -0.3 is 10.4 Å². The van der Waals surface area contributed by atoms with Crippen LogP contribution in [0.25, 0.3) is 6.08 Å². The number of para-hydroxylation sites is 1. The van der Waals surface area contributed by atoms with Gasteiger partial charge in [-0.1, -0.05) is 23.7 Å². The molecule has 116 valence electrons. The average molecular weight is 457 g/mol. The number of carbonyl (C=O) groups is 1. The van der Waals surface area contributed by atoms with Gasteiger partial charge in [-0.25, -0.2) is 4.99 Å². The average Bonchev–Trinajstić information content (AvgIpc) is 2.85. The number of amidine groups is 1. The van der Waals surface area contributed by atoms with Gasteiger partial charge >= 0.3 is 0 Å². The zero-order valence-electron chi connectivity index (χ0n) is 11.6. The number of halogens is 2. The molecule has 0 aliphatic carbocycles. The molecule has 1 amide bonds. The minimum Gasteiger partial charge on any atom is -0.507 e. The number of nitrogens with zero attached hydrogens (tertiary/aromatic N) is 1. The molecular formula is C16H10ClIN2O2S. The molecule has 2 aromatic carbocycles. The fraction of sp³-hybridized carbons (Fsp3) is 0. The number of rotatable bonds is 2. The molecule has 2 aromatic rings. The van der Waals surface area contributed by atoms with Gasteiger partial charge in [0, 0.05) is 9.13 Å². The van der Waals surface area contributed by atoms with Gasteiger partial charge in [-0.2, -0.15) is 0 Å². The number of carbonyl (C=O) groups excluding carboxylic acids is 1. The molecule has 7 heteroatoms. The summed E-state index contributed by atoms with van der Waals surface area (Å²) in [6, 6.07) is 12.4. The zero-order valence-corrected chi connectivity index (χ0v) is 15.3. The lowest BCUT2D eigenvalue weighted by Gasteiger charge is -2.00. The second-order valence-corrected chi connectivity index (χ2v) is 7.32. The highest BCUT2D eigenvalue weighted by Crippen LogP contribution is 2.32. The van der Waals surface area contributed by atoms with Gasteiger partial charge in [0.15, 0.2) is 5.17 Å². The number of amides is 1. The standard InChI is InChI=1S/C16H10ClIN2O2S/c17-11-3-1-2-4-12(11)19-16-20-15(22)14(23-16)8-9-7-10(18)5-6-13(9)21/h1-8,21H,(H,19,20,22)/b14-8+. The first-order valence-electron chi connectivity index (χ1n) is 6.55. The molecule has 23 heavy (non-hydrogen) atoms. The highest BCUT2D eigenvalue weighted by molar-refractivity contribution is 14.1. The highest BCUT2D eigenvalue weighted by Gasteiger charge is 2.24. The molecule has 3 rings (SSSR count). The number of aliphatic imine (C=N–C) groups is 1. The number of benzene rings is 2. The molecule has 0 saturated carbocycles. The molecular weight excluding hydrogens is 447 g/mol. The van der Waals surface area contributed by atoms with Crippen molar-refractivity contribution in [2.24, 2.45) is 4.99 Å². The molecule has 0 radical (unpaired) electrons. The van der Waals surface area contributed by atoms with Crippen LogP contribution in [0.15, 0.2) is 52.4 Å². The van der Waals surface area contributed by atoms with Gasteiger partial charge in [0.2, 0.25) is 0 Å². The SMILES string of the molecule is O=C1NC(=Nc2ccccc2Cl)S/C1=C/c1cc(I)ccc1O. The van der Waals surface area contributed by atoms with E-state index in [1.807, 2.05) is 12.1 Å². The summed E-state index contributed by atoms with van der Waals surface area (Å²) in [4.78, 5) is 16.9. The number of phenolic OH excluding ortho intramolecular Hbond substituents is 1. The van der Waals surface area contributed by atoms with Crippen molar-refractivity contribution in [2.45, 2.75) is 0 Å². The maximum absolute atomic E-state index is 12.1. The Balaban J connectivity index is 1.90. The first-order valence-corrected chi connectivity index (χ1v) is 8.83. The van der Waals surface area contributed by atoms with Crippen LogP contribution < -0.4 is 5.32 Å². The van der Waals surface area contributed by atoms with E-state index in [0.29, 0.717) is 26.3 Å². The molecule has 1 fully saturated rings. The van der Waals surface area contributed by atoms with Crippen LogP contribution in [-0.2, 0) is 4.79 Å². The van der Waals surface area contributed by atoms with E-state index in [-0.39, 0.29) is 11.7 Å². The summed E-state index contributed by atoms with van der Waals surface area (Å²) in [5.41, 5.74) is 1.18. The molecule has 0 atom stereocenters. The molecule has 1 aliphatic heterocycles. The van der Waals surface area contributed by atoms with Gasteiger partial charge in [0.25, 0.3) is 5.91 Å². The van der Waals surface area contributed by atoms with Gasteiger partial charge in [-0.3, -0.25) is 4.79 Å². The Morgan fingerprint density at radius 1 is 1.26 bits per heavy atom. The summed E-state index contributed by atoms with van der Waals surface area (Å²) in [5.74, 6) is -0.123. The van der Waals surface area contributed by atoms with E-state index in [2.05, 4.69) is 32.9 Å². The maximum Gasteiger partial charge on any atom is 0.264 e. The zero-order chi connectivity index (χ0) is 16.4. The number of aromatic hydroxyl groups is 1. The van der Waals surface area contributed by atoms with Crippen LogP contribution in [0.4, 0.5) is 5.69 Å². The van der Waals surface area contributed by atoms with Gasteiger partial charge in [0.05, 0.1) is 15.6 Å². The quantitative estimate of drug-likeness (QED) is 0.515. The van der Waals surface area contributed by atoms with Crippen LogP contribution in [0, 0.1) is 3.57 Å². The Bertz CT molecular complexity index is 852. The van der Waals surface area contributed by atoms with Crippen LogP contribution in [0.1, 0.15) is 5.56 Å². The van der Waals surface area contributed by atoms with E-state index in [4.69, 9.17) is 11.6 Å². The van der Waals surface area contributed by atoms with Gasteiger partial charge in [-0.05, 0) is 70.8 Å². The summed E-state index contributed by atoms with van der Waals surface area (Å²) in [7, 11) is 0. The summed E-state index contributed by atoms with van der Waals surface area (Å²) in [6.45, 7) is 0. The predicted molar refractivity (Wildman–Crippen MR) is 103 cm³/mol. The number of phenols is 1. The number of hydrogen-bond donors (Lipinski definition) is 2. The Kier molecular flexibility index (Phi) is 4.93. The largest absolute Gasteiger partial charge is 0.507 e. The van der Waals surface area contributed by atoms with Crippen LogP contribution in [0.3, 0.4) is 0 Å². The Morgan fingerprint density at radius 3 is 2.83 bits per heavy atom. The number of hydrogen-bond acceptors (Lipinski definition) is 4. The van der Waals surface area contributed by atoms with Crippen LogP contribution in [-0.4, -0.2) is 16.2 Å². The third-order valence-corrected chi connectivity index (χ3v) is 4.90. The highest BCUT2D eigenvalue weighted by atomic mass is 127. The number of thioether (sulfide) groups is 1. The van der Waals surface area contributed by atoms with E-state index < -0.39 is 0 Å². The predicted octanol–water partition coefficient (Wildman–Crippen LogP) is 4.54. The van der Waals surface area contributed by atoms with E-state index >= 15 is 0 Å². The Hall–Kier alpha value is -1.51. The lowest BCUT2D eigenvalue weighted by Crippen LogP contribution is -2.19. The normalized spacial score (nSPS) is 17.7. The minimum atomic E-state index is -0.251. The van der Waals surface area contributed by atoms with Crippen molar-refractivity contribution < 1.29 is 9.90 Å². The fourth-order valence-electron chi connectivity index (χ4n) is 1.91. The van der Waals surface area contributed by atoms with Crippen LogP contribution in [0.2, 0.25) is 5.02 Å². The van der Waals surface area contributed by atoms with E-state index in [1.165, 1.54) is 11.8 Å². The third-order valence-electron chi connectivity index (χ3n) is 3.00. The van der Waals surface area contributed by atoms with Crippen LogP contribution >= 0.6 is 46.0 Å². The van der Waals surface area contributed by atoms with E-state index in [9.17, 15) is 9.90 Å².